The van der Waals surface area contributed by atoms with Crippen LogP contribution in [0.3, 0.4) is 0 Å². The van der Waals surface area contributed by atoms with E-state index in [9.17, 15) is 18.0 Å². The van der Waals surface area contributed by atoms with E-state index >= 15 is 0 Å². The lowest BCUT2D eigenvalue weighted by atomic mass is 10.1. The molecule has 202 valence electrons. The van der Waals surface area contributed by atoms with Crippen molar-refractivity contribution >= 4 is 39.1 Å². The predicted molar refractivity (Wildman–Crippen MR) is 143 cm³/mol. The highest BCUT2D eigenvalue weighted by Crippen LogP contribution is 2.36. The molecule has 0 saturated heterocycles. The Morgan fingerprint density at radius 1 is 1.08 bits per heavy atom. The van der Waals surface area contributed by atoms with Crippen LogP contribution in [-0.2, 0) is 26.2 Å². The number of hydrogen-bond acceptors (Lipinski definition) is 6. The quantitative estimate of drug-likeness (QED) is 0.479. The standard InChI is InChI=1S/C26H34ClN3O6S/c1-18(25(32)28-26(2,3)4)29(16-19-8-10-20(27)11-9-19)24(31)7-6-14-30(37(5,33)34)21-12-13-22-23(15-21)36-17-35-22/h8-13,15,18H,6-7,14,16-17H2,1-5H3,(H,28,32)/t18-/m0/s1. The highest BCUT2D eigenvalue weighted by molar-refractivity contribution is 7.92. The van der Waals surface area contributed by atoms with Crippen molar-refractivity contribution in [2.45, 2.75) is 58.7 Å². The molecule has 0 aromatic heterocycles. The third kappa shape index (κ3) is 8.00. The number of sulfonamides is 1. The zero-order valence-electron chi connectivity index (χ0n) is 21.8. The van der Waals surface area contributed by atoms with Gasteiger partial charge in [0.05, 0.1) is 11.9 Å². The summed E-state index contributed by atoms with van der Waals surface area (Å²) < 4.78 is 37.0. The zero-order chi connectivity index (χ0) is 27.4. The Balaban J connectivity index is 1.74. The van der Waals surface area contributed by atoms with E-state index in [1.807, 2.05) is 32.9 Å². The number of benzene rings is 2. The number of carbonyl (C=O) groups excluding carboxylic acids is 2. The minimum atomic E-state index is -3.62. The van der Waals surface area contributed by atoms with Crippen LogP contribution in [0.25, 0.3) is 0 Å². The van der Waals surface area contributed by atoms with Gasteiger partial charge in [-0.15, -0.1) is 0 Å². The molecular formula is C26H34ClN3O6S. The van der Waals surface area contributed by atoms with Gasteiger partial charge in [0, 0.05) is 36.1 Å². The van der Waals surface area contributed by atoms with Gasteiger partial charge in [-0.3, -0.25) is 13.9 Å². The number of anilines is 1. The summed E-state index contributed by atoms with van der Waals surface area (Å²) in [5.74, 6) is 0.487. The molecule has 1 aliphatic rings. The molecule has 0 bridgehead atoms. The second-order valence-corrected chi connectivity index (χ2v) is 12.4. The maximum absolute atomic E-state index is 13.4. The number of nitrogens with zero attached hydrogens (tertiary/aromatic N) is 2. The molecule has 0 fully saturated rings. The SMILES string of the molecule is C[C@@H](C(=O)NC(C)(C)C)N(Cc1ccc(Cl)cc1)C(=O)CCCN(c1ccc2c(c1)OCO2)S(C)(=O)=O. The number of hydrogen-bond donors (Lipinski definition) is 1. The molecule has 1 atom stereocenters. The first-order valence-corrected chi connectivity index (χ1v) is 14.2. The highest BCUT2D eigenvalue weighted by atomic mass is 35.5. The topological polar surface area (TPSA) is 105 Å². The summed E-state index contributed by atoms with van der Waals surface area (Å²) in [6.07, 6.45) is 1.42. The number of halogens is 1. The molecule has 0 saturated carbocycles. The van der Waals surface area contributed by atoms with Gasteiger partial charge in [0.25, 0.3) is 0 Å². The molecule has 3 rings (SSSR count). The monoisotopic (exact) mass is 551 g/mol. The van der Waals surface area contributed by atoms with Crippen molar-refractivity contribution < 1.29 is 27.5 Å². The minimum Gasteiger partial charge on any atom is -0.454 e. The van der Waals surface area contributed by atoms with Gasteiger partial charge in [0.15, 0.2) is 11.5 Å². The van der Waals surface area contributed by atoms with Crippen LogP contribution in [0.15, 0.2) is 42.5 Å². The summed E-state index contributed by atoms with van der Waals surface area (Å²) in [6, 6.07) is 11.2. The van der Waals surface area contributed by atoms with E-state index in [0.717, 1.165) is 11.8 Å². The Kier molecular flexibility index (Phi) is 8.96. The van der Waals surface area contributed by atoms with E-state index in [0.29, 0.717) is 22.2 Å². The second-order valence-electron chi connectivity index (χ2n) is 10.0. The first-order chi connectivity index (χ1) is 17.2. The van der Waals surface area contributed by atoms with Crippen LogP contribution in [0.5, 0.6) is 11.5 Å². The Labute approximate surface area is 223 Å². The largest absolute Gasteiger partial charge is 0.454 e. The van der Waals surface area contributed by atoms with Crippen LogP contribution < -0.4 is 19.1 Å². The van der Waals surface area contributed by atoms with Crippen molar-refractivity contribution in [3.8, 4) is 11.5 Å². The maximum Gasteiger partial charge on any atom is 0.242 e. The molecule has 11 heteroatoms. The summed E-state index contributed by atoms with van der Waals surface area (Å²) in [4.78, 5) is 27.8. The van der Waals surface area contributed by atoms with Crippen molar-refractivity contribution in [3.05, 3.63) is 53.1 Å². The summed E-state index contributed by atoms with van der Waals surface area (Å²) in [5.41, 5.74) is 0.794. The number of carbonyl (C=O) groups is 2. The third-order valence-electron chi connectivity index (χ3n) is 5.73. The van der Waals surface area contributed by atoms with E-state index in [-0.39, 0.29) is 44.5 Å². The summed E-state index contributed by atoms with van der Waals surface area (Å²) in [7, 11) is -3.62. The third-order valence-corrected chi connectivity index (χ3v) is 7.17. The predicted octanol–water partition coefficient (Wildman–Crippen LogP) is 3.95. The highest BCUT2D eigenvalue weighted by Gasteiger charge is 2.29. The fraction of sp³-hybridized carbons (Fsp3) is 0.462. The Bertz CT molecular complexity index is 1230. The van der Waals surface area contributed by atoms with Gasteiger partial charge in [0.1, 0.15) is 6.04 Å². The molecule has 2 amide bonds. The van der Waals surface area contributed by atoms with Crippen molar-refractivity contribution in [1.29, 1.82) is 0 Å². The second kappa shape index (κ2) is 11.6. The molecule has 2 aromatic rings. The van der Waals surface area contributed by atoms with Crippen LogP contribution in [0.2, 0.25) is 5.02 Å². The molecule has 0 aliphatic carbocycles. The van der Waals surface area contributed by atoms with E-state index < -0.39 is 21.6 Å². The van der Waals surface area contributed by atoms with E-state index in [1.165, 1.54) is 9.21 Å². The molecule has 0 unspecified atom stereocenters. The molecule has 0 spiro atoms. The van der Waals surface area contributed by atoms with Gasteiger partial charge in [-0.05, 0) is 63.9 Å². The Hall–Kier alpha value is -2.98. The number of fused-ring (bicyclic) bond motifs is 1. The lowest BCUT2D eigenvalue weighted by molar-refractivity contribution is -0.141. The molecule has 2 aromatic carbocycles. The average Bonchev–Trinajstić information content (AvgIpc) is 3.27. The number of nitrogens with one attached hydrogen (secondary N) is 1. The van der Waals surface area contributed by atoms with E-state index in [1.54, 1.807) is 37.3 Å². The Morgan fingerprint density at radius 3 is 2.35 bits per heavy atom. The van der Waals surface area contributed by atoms with Crippen LogP contribution in [0.1, 0.15) is 46.1 Å². The summed E-state index contributed by atoms with van der Waals surface area (Å²) in [6.45, 7) is 7.69. The van der Waals surface area contributed by atoms with Gasteiger partial charge < -0.3 is 19.7 Å². The lowest BCUT2D eigenvalue weighted by Crippen LogP contribution is -2.52. The fourth-order valence-electron chi connectivity index (χ4n) is 3.89. The molecule has 0 radical (unpaired) electrons. The zero-order valence-corrected chi connectivity index (χ0v) is 23.4. The average molecular weight is 552 g/mol. The molecule has 1 heterocycles. The van der Waals surface area contributed by atoms with Crippen LogP contribution in [0.4, 0.5) is 5.69 Å². The van der Waals surface area contributed by atoms with Gasteiger partial charge in [-0.1, -0.05) is 23.7 Å². The van der Waals surface area contributed by atoms with E-state index in [2.05, 4.69) is 5.32 Å². The maximum atomic E-state index is 13.4. The number of ether oxygens (including phenoxy) is 2. The van der Waals surface area contributed by atoms with Crippen molar-refractivity contribution in [2.24, 2.45) is 0 Å². The van der Waals surface area contributed by atoms with Gasteiger partial charge in [0.2, 0.25) is 28.6 Å². The molecule has 1 N–H and O–H groups in total. The number of amides is 2. The normalized spacial score (nSPS) is 13.7. The van der Waals surface area contributed by atoms with Crippen molar-refractivity contribution in [1.82, 2.24) is 10.2 Å². The van der Waals surface area contributed by atoms with Crippen LogP contribution in [-0.4, -0.2) is 56.3 Å². The smallest absolute Gasteiger partial charge is 0.242 e. The van der Waals surface area contributed by atoms with Crippen molar-refractivity contribution in [3.63, 3.8) is 0 Å². The summed E-state index contributed by atoms with van der Waals surface area (Å²) in [5, 5.41) is 3.50. The van der Waals surface area contributed by atoms with Gasteiger partial charge >= 0.3 is 0 Å². The first kappa shape index (κ1) is 28.6. The molecule has 37 heavy (non-hydrogen) atoms. The van der Waals surface area contributed by atoms with Gasteiger partial charge in [-0.2, -0.15) is 0 Å². The molecule has 9 nitrogen and oxygen atoms in total. The summed E-state index contributed by atoms with van der Waals surface area (Å²) >= 11 is 6.00. The number of rotatable bonds is 10. The molecule has 1 aliphatic heterocycles. The Morgan fingerprint density at radius 2 is 1.73 bits per heavy atom. The molecular weight excluding hydrogens is 518 g/mol. The van der Waals surface area contributed by atoms with Crippen LogP contribution in [0, 0.1) is 0 Å². The van der Waals surface area contributed by atoms with Crippen LogP contribution >= 0.6 is 11.6 Å². The van der Waals surface area contributed by atoms with Crippen molar-refractivity contribution in [2.75, 3.05) is 23.9 Å². The lowest BCUT2D eigenvalue weighted by Gasteiger charge is -2.32. The van der Waals surface area contributed by atoms with Gasteiger partial charge in [-0.25, -0.2) is 8.42 Å². The first-order valence-electron chi connectivity index (χ1n) is 12.0. The van der Waals surface area contributed by atoms with E-state index in [4.69, 9.17) is 21.1 Å². The fourth-order valence-corrected chi connectivity index (χ4v) is 4.97. The minimum absolute atomic E-state index is 0.0529.